The van der Waals surface area contributed by atoms with Crippen molar-refractivity contribution in [3.63, 3.8) is 0 Å². The molecular formula is C11H23N3O. The molecule has 0 aliphatic carbocycles. The van der Waals surface area contributed by atoms with E-state index in [2.05, 4.69) is 0 Å². The van der Waals surface area contributed by atoms with Crippen molar-refractivity contribution in [1.29, 1.82) is 0 Å². The van der Waals surface area contributed by atoms with Crippen molar-refractivity contribution in [3.05, 3.63) is 0 Å². The second-order valence-corrected chi connectivity index (χ2v) is 4.23. The Morgan fingerprint density at radius 2 is 2.20 bits per heavy atom. The average Bonchev–Trinajstić information content (AvgIpc) is 2.51. The largest absolute Gasteiger partial charge is 0.328 e. The second kappa shape index (κ2) is 5.95. The molecule has 1 unspecified atom stereocenters. The molecule has 1 aliphatic rings. The van der Waals surface area contributed by atoms with Crippen LogP contribution >= 0.6 is 0 Å². The number of hydrogen-bond donors (Lipinski definition) is 1. The Labute approximate surface area is 92.4 Å². The average molecular weight is 213 g/mol. The van der Waals surface area contributed by atoms with E-state index in [0.717, 1.165) is 25.9 Å². The topological polar surface area (TPSA) is 49.6 Å². The molecule has 88 valence electrons. The summed E-state index contributed by atoms with van der Waals surface area (Å²) in [5.74, 6) is 0. The fraction of sp³-hybridized carbons (Fsp3) is 0.909. The number of rotatable bonds is 2. The number of carbonyl (C=O) groups excluding carboxylic acids is 1. The van der Waals surface area contributed by atoms with Gasteiger partial charge >= 0.3 is 6.03 Å². The summed E-state index contributed by atoms with van der Waals surface area (Å²) in [5.41, 5.74) is 5.73. The number of carbonyl (C=O) groups is 1. The van der Waals surface area contributed by atoms with Gasteiger partial charge in [-0.3, -0.25) is 0 Å². The predicted molar refractivity (Wildman–Crippen MR) is 61.7 cm³/mol. The van der Waals surface area contributed by atoms with E-state index in [9.17, 15) is 4.79 Å². The van der Waals surface area contributed by atoms with Gasteiger partial charge in [0.25, 0.3) is 0 Å². The van der Waals surface area contributed by atoms with Crippen molar-refractivity contribution in [2.45, 2.75) is 38.6 Å². The first-order valence-electron chi connectivity index (χ1n) is 5.92. The molecule has 0 aromatic heterocycles. The Hall–Kier alpha value is -0.770. The molecule has 0 spiro atoms. The number of hydrogen-bond acceptors (Lipinski definition) is 2. The highest BCUT2D eigenvalue weighted by Crippen LogP contribution is 2.17. The Morgan fingerprint density at radius 3 is 2.80 bits per heavy atom. The van der Waals surface area contributed by atoms with E-state index >= 15 is 0 Å². The minimum absolute atomic E-state index is 0.134. The summed E-state index contributed by atoms with van der Waals surface area (Å²) in [4.78, 5) is 15.8. The quantitative estimate of drug-likeness (QED) is 0.750. The standard InChI is InChI=1S/C11H23N3O/c1-3-13(2)11(15)14-8-6-4-5-7-10(14)9-12/h10H,3-9,12H2,1-2H3. The summed E-state index contributed by atoms with van der Waals surface area (Å²) >= 11 is 0. The first kappa shape index (κ1) is 12.3. The lowest BCUT2D eigenvalue weighted by molar-refractivity contribution is 0.146. The summed E-state index contributed by atoms with van der Waals surface area (Å²) < 4.78 is 0. The first-order valence-corrected chi connectivity index (χ1v) is 5.92. The minimum atomic E-state index is 0.134. The van der Waals surface area contributed by atoms with Gasteiger partial charge in [-0.05, 0) is 19.8 Å². The highest BCUT2D eigenvalue weighted by Gasteiger charge is 2.25. The third-order valence-corrected chi connectivity index (χ3v) is 3.20. The van der Waals surface area contributed by atoms with Gasteiger partial charge in [0.15, 0.2) is 0 Å². The zero-order valence-corrected chi connectivity index (χ0v) is 9.91. The van der Waals surface area contributed by atoms with Crippen LogP contribution in [0.2, 0.25) is 0 Å². The normalized spacial score (nSPS) is 22.3. The molecule has 2 N–H and O–H groups in total. The fourth-order valence-corrected chi connectivity index (χ4v) is 2.03. The molecule has 0 saturated carbocycles. The van der Waals surface area contributed by atoms with Crippen LogP contribution in [0.1, 0.15) is 32.6 Å². The third-order valence-electron chi connectivity index (χ3n) is 3.20. The zero-order valence-electron chi connectivity index (χ0n) is 9.91. The van der Waals surface area contributed by atoms with Crippen LogP contribution in [0, 0.1) is 0 Å². The summed E-state index contributed by atoms with van der Waals surface area (Å²) in [6, 6.07) is 0.379. The van der Waals surface area contributed by atoms with Crippen molar-refractivity contribution in [2.24, 2.45) is 5.73 Å². The monoisotopic (exact) mass is 213 g/mol. The van der Waals surface area contributed by atoms with Gasteiger partial charge in [0.05, 0.1) is 0 Å². The van der Waals surface area contributed by atoms with Gasteiger partial charge in [-0.2, -0.15) is 0 Å². The molecule has 1 atom stereocenters. The second-order valence-electron chi connectivity index (χ2n) is 4.23. The van der Waals surface area contributed by atoms with Gasteiger partial charge in [0.1, 0.15) is 0 Å². The van der Waals surface area contributed by atoms with E-state index in [4.69, 9.17) is 5.73 Å². The molecule has 4 nitrogen and oxygen atoms in total. The van der Waals surface area contributed by atoms with Crippen LogP contribution in [0.25, 0.3) is 0 Å². The van der Waals surface area contributed by atoms with Crippen molar-refractivity contribution in [2.75, 3.05) is 26.7 Å². The Kier molecular flexibility index (Phi) is 4.88. The summed E-state index contributed by atoms with van der Waals surface area (Å²) in [6.45, 7) is 4.20. The maximum Gasteiger partial charge on any atom is 0.320 e. The van der Waals surface area contributed by atoms with Crippen LogP contribution < -0.4 is 5.73 Å². The van der Waals surface area contributed by atoms with Crippen LogP contribution in [0.15, 0.2) is 0 Å². The van der Waals surface area contributed by atoms with Crippen molar-refractivity contribution in [1.82, 2.24) is 9.80 Å². The molecule has 15 heavy (non-hydrogen) atoms. The predicted octanol–water partition coefficient (Wildman–Crippen LogP) is 1.26. The van der Waals surface area contributed by atoms with Gasteiger partial charge < -0.3 is 15.5 Å². The molecule has 1 aliphatic heterocycles. The van der Waals surface area contributed by atoms with Gasteiger partial charge in [-0.15, -0.1) is 0 Å². The van der Waals surface area contributed by atoms with Crippen molar-refractivity contribution >= 4 is 6.03 Å². The van der Waals surface area contributed by atoms with Crippen LogP contribution in [0.4, 0.5) is 4.79 Å². The highest BCUT2D eigenvalue weighted by molar-refractivity contribution is 5.74. The molecule has 0 bridgehead atoms. The number of amides is 2. The van der Waals surface area contributed by atoms with Gasteiger partial charge in [-0.25, -0.2) is 4.79 Å². The summed E-state index contributed by atoms with van der Waals surface area (Å²) in [5, 5.41) is 0. The first-order chi connectivity index (χ1) is 7.20. The van der Waals surface area contributed by atoms with Crippen LogP contribution in [0.5, 0.6) is 0 Å². The molecule has 0 radical (unpaired) electrons. The lowest BCUT2D eigenvalue weighted by Crippen LogP contribution is -2.49. The molecule has 1 heterocycles. The number of nitrogens with two attached hydrogens (primary N) is 1. The third kappa shape index (κ3) is 3.09. The summed E-state index contributed by atoms with van der Waals surface area (Å²) in [6.07, 6.45) is 4.58. The van der Waals surface area contributed by atoms with Gasteiger partial charge in [0, 0.05) is 32.7 Å². The Balaban J connectivity index is 2.65. The van der Waals surface area contributed by atoms with E-state index in [1.54, 1.807) is 4.90 Å². The molecule has 2 amide bonds. The van der Waals surface area contributed by atoms with E-state index in [1.807, 2.05) is 18.9 Å². The molecule has 1 saturated heterocycles. The van der Waals surface area contributed by atoms with Crippen molar-refractivity contribution in [3.8, 4) is 0 Å². The lowest BCUT2D eigenvalue weighted by atomic mass is 10.1. The van der Waals surface area contributed by atoms with E-state index in [1.165, 1.54) is 12.8 Å². The van der Waals surface area contributed by atoms with Crippen LogP contribution in [-0.2, 0) is 0 Å². The maximum absolute atomic E-state index is 12.0. The molecule has 4 heteroatoms. The van der Waals surface area contributed by atoms with E-state index in [-0.39, 0.29) is 12.1 Å². The van der Waals surface area contributed by atoms with E-state index in [0.29, 0.717) is 6.54 Å². The SMILES string of the molecule is CCN(C)C(=O)N1CCCCCC1CN. The number of likely N-dealkylation sites (tertiary alicyclic amines) is 1. The summed E-state index contributed by atoms with van der Waals surface area (Å²) in [7, 11) is 1.85. The van der Waals surface area contributed by atoms with Gasteiger partial charge in [-0.1, -0.05) is 12.8 Å². The Bertz CT molecular complexity index is 208. The minimum Gasteiger partial charge on any atom is -0.328 e. The highest BCUT2D eigenvalue weighted by atomic mass is 16.2. The number of urea groups is 1. The fourth-order valence-electron chi connectivity index (χ4n) is 2.03. The Morgan fingerprint density at radius 1 is 1.47 bits per heavy atom. The smallest absolute Gasteiger partial charge is 0.320 e. The molecule has 1 fully saturated rings. The van der Waals surface area contributed by atoms with Crippen LogP contribution in [0.3, 0.4) is 0 Å². The molecular weight excluding hydrogens is 190 g/mol. The maximum atomic E-state index is 12.0. The molecule has 1 rings (SSSR count). The lowest BCUT2D eigenvalue weighted by Gasteiger charge is -2.32. The van der Waals surface area contributed by atoms with E-state index < -0.39 is 0 Å². The molecule has 0 aromatic rings. The molecule has 0 aromatic carbocycles. The van der Waals surface area contributed by atoms with Crippen LogP contribution in [-0.4, -0.2) is 48.6 Å². The number of nitrogens with zero attached hydrogens (tertiary/aromatic N) is 2. The zero-order chi connectivity index (χ0) is 11.3. The van der Waals surface area contributed by atoms with Crippen molar-refractivity contribution < 1.29 is 4.79 Å². The van der Waals surface area contributed by atoms with Gasteiger partial charge in [0.2, 0.25) is 0 Å².